The van der Waals surface area contributed by atoms with E-state index in [4.69, 9.17) is 9.47 Å². The van der Waals surface area contributed by atoms with E-state index in [1.54, 1.807) is 26.0 Å². The van der Waals surface area contributed by atoms with Gasteiger partial charge in [0.25, 0.3) is 5.91 Å². The van der Waals surface area contributed by atoms with Crippen LogP contribution in [0.2, 0.25) is 0 Å². The third-order valence-electron chi connectivity index (χ3n) is 3.63. The molecule has 0 N–H and O–H groups in total. The van der Waals surface area contributed by atoms with E-state index < -0.39 is 6.10 Å². The third kappa shape index (κ3) is 4.49. The summed E-state index contributed by atoms with van der Waals surface area (Å²) in [6.45, 7) is 4.24. The largest absolute Gasteiger partial charge is 0.496 e. The molecule has 0 aromatic heterocycles. The average molecular weight is 313 g/mol. The Balaban J connectivity index is 2.01. The number of carbonyl (C=O) groups excluding carboxylic acids is 1. The summed E-state index contributed by atoms with van der Waals surface area (Å²) in [7, 11) is 3.40. The van der Waals surface area contributed by atoms with Gasteiger partial charge in [-0.3, -0.25) is 4.79 Å². The minimum absolute atomic E-state index is 0.0718. The van der Waals surface area contributed by atoms with Gasteiger partial charge in [-0.25, -0.2) is 0 Å². The number of rotatable bonds is 6. The van der Waals surface area contributed by atoms with Gasteiger partial charge in [0, 0.05) is 19.2 Å². The van der Waals surface area contributed by atoms with Gasteiger partial charge in [-0.05, 0) is 37.6 Å². The fraction of sp³-hybridized carbons (Fsp3) is 0.316. The second kappa shape index (κ2) is 7.68. The fourth-order valence-electron chi connectivity index (χ4n) is 2.42. The van der Waals surface area contributed by atoms with Crippen LogP contribution in [0.4, 0.5) is 0 Å². The zero-order valence-electron chi connectivity index (χ0n) is 14.1. The first-order valence-corrected chi connectivity index (χ1v) is 7.61. The smallest absolute Gasteiger partial charge is 0.263 e. The van der Waals surface area contributed by atoms with Crippen molar-refractivity contribution in [3.8, 4) is 11.5 Å². The Labute approximate surface area is 137 Å². The molecule has 2 rings (SSSR count). The van der Waals surface area contributed by atoms with Gasteiger partial charge in [0.2, 0.25) is 0 Å². The molecule has 1 atom stereocenters. The lowest BCUT2D eigenvalue weighted by atomic mass is 10.2. The molecular formula is C19H23NO3. The first-order valence-electron chi connectivity index (χ1n) is 7.61. The minimum atomic E-state index is -0.545. The Hall–Kier alpha value is -2.49. The molecule has 2 aromatic carbocycles. The Morgan fingerprint density at radius 1 is 1.17 bits per heavy atom. The molecular weight excluding hydrogens is 290 g/mol. The number of methoxy groups -OCH3 is 1. The molecule has 0 unspecified atom stereocenters. The van der Waals surface area contributed by atoms with Crippen LogP contribution >= 0.6 is 0 Å². The van der Waals surface area contributed by atoms with E-state index >= 15 is 0 Å². The van der Waals surface area contributed by atoms with E-state index in [2.05, 4.69) is 0 Å². The quantitative estimate of drug-likeness (QED) is 0.820. The van der Waals surface area contributed by atoms with Crippen LogP contribution in [0.3, 0.4) is 0 Å². The number of amides is 1. The molecule has 0 fully saturated rings. The van der Waals surface area contributed by atoms with Crippen molar-refractivity contribution in [3.05, 3.63) is 59.7 Å². The Kier molecular flexibility index (Phi) is 5.63. The molecule has 4 nitrogen and oxygen atoms in total. The lowest BCUT2D eigenvalue weighted by Gasteiger charge is -2.23. The van der Waals surface area contributed by atoms with E-state index in [1.165, 1.54) is 0 Å². The molecule has 0 aliphatic rings. The van der Waals surface area contributed by atoms with Gasteiger partial charge in [-0.2, -0.15) is 0 Å². The highest BCUT2D eigenvalue weighted by Gasteiger charge is 2.20. The van der Waals surface area contributed by atoms with Gasteiger partial charge >= 0.3 is 0 Å². The lowest BCUT2D eigenvalue weighted by Crippen LogP contribution is -2.37. The van der Waals surface area contributed by atoms with E-state index in [-0.39, 0.29) is 5.91 Å². The number of hydrogen-bond acceptors (Lipinski definition) is 3. The number of likely N-dealkylation sites (N-methyl/N-ethyl adjacent to an activating group) is 1. The molecule has 122 valence electrons. The summed E-state index contributed by atoms with van der Waals surface area (Å²) < 4.78 is 11.1. The topological polar surface area (TPSA) is 38.8 Å². The van der Waals surface area contributed by atoms with Crippen molar-refractivity contribution in [2.24, 2.45) is 0 Å². The second-order valence-corrected chi connectivity index (χ2v) is 5.58. The number of carbonyl (C=O) groups is 1. The summed E-state index contributed by atoms with van der Waals surface area (Å²) in [6.07, 6.45) is -0.545. The van der Waals surface area contributed by atoms with Crippen LogP contribution in [0.1, 0.15) is 18.1 Å². The predicted octanol–water partition coefficient (Wildman–Crippen LogP) is 3.43. The molecule has 0 radical (unpaired) electrons. The van der Waals surface area contributed by atoms with Crippen molar-refractivity contribution in [1.82, 2.24) is 4.90 Å². The van der Waals surface area contributed by atoms with Gasteiger partial charge in [0.1, 0.15) is 11.5 Å². The van der Waals surface area contributed by atoms with Crippen LogP contribution < -0.4 is 9.47 Å². The number of ether oxygens (including phenoxy) is 2. The third-order valence-corrected chi connectivity index (χ3v) is 3.63. The number of benzene rings is 2. The molecule has 2 aromatic rings. The standard InChI is InChI=1S/C19H23NO3/c1-14-8-7-10-17(12-14)23-15(2)19(21)20(3)13-16-9-5-6-11-18(16)22-4/h5-12,15H,13H2,1-4H3/t15-/m1/s1. The average Bonchev–Trinajstić information content (AvgIpc) is 2.54. The first-order chi connectivity index (χ1) is 11.0. The molecule has 0 saturated carbocycles. The van der Waals surface area contributed by atoms with Crippen molar-refractivity contribution in [1.29, 1.82) is 0 Å². The molecule has 4 heteroatoms. The van der Waals surface area contributed by atoms with Crippen LogP contribution in [-0.2, 0) is 11.3 Å². The highest BCUT2D eigenvalue weighted by atomic mass is 16.5. The highest BCUT2D eigenvalue weighted by Crippen LogP contribution is 2.20. The Morgan fingerprint density at radius 3 is 2.61 bits per heavy atom. The predicted molar refractivity (Wildman–Crippen MR) is 90.7 cm³/mol. The summed E-state index contributed by atoms with van der Waals surface area (Å²) >= 11 is 0. The lowest BCUT2D eigenvalue weighted by molar-refractivity contribution is -0.137. The Bertz CT molecular complexity index is 669. The van der Waals surface area contributed by atoms with E-state index in [9.17, 15) is 4.79 Å². The maximum Gasteiger partial charge on any atom is 0.263 e. The molecule has 0 bridgehead atoms. The van der Waals surface area contributed by atoms with Crippen LogP contribution in [0, 0.1) is 6.92 Å². The summed E-state index contributed by atoms with van der Waals surface area (Å²) in [6, 6.07) is 15.4. The van der Waals surface area contributed by atoms with Crippen molar-refractivity contribution < 1.29 is 14.3 Å². The second-order valence-electron chi connectivity index (χ2n) is 5.58. The maximum absolute atomic E-state index is 12.5. The van der Waals surface area contributed by atoms with Crippen molar-refractivity contribution in [2.45, 2.75) is 26.5 Å². The molecule has 0 aliphatic carbocycles. The summed E-state index contributed by atoms with van der Waals surface area (Å²) in [4.78, 5) is 14.1. The minimum Gasteiger partial charge on any atom is -0.496 e. The number of aryl methyl sites for hydroxylation is 1. The van der Waals surface area contributed by atoms with Gasteiger partial charge in [0.15, 0.2) is 6.10 Å². The molecule has 0 saturated heterocycles. The van der Waals surface area contributed by atoms with Gasteiger partial charge < -0.3 is 14.4 Å². The molecule has 1 amide bonds. The van der Waals surface area contributed by atoms with Gasteiger partial charge in [-0.15, -0.1) is 0 Å². The molecule has 0 aliphatic heterocycles. The number of hydrogen-bond donors (Lipinski definition) is 0. The highest BCUT2D eigenvalue weighted by molar-refractivity contribution is 5.80. The van der Waals surface area contributed by atoms with Crippen LogP contribution in [0.25, 0.3) is 0 Å². The maximum atomic E-state index is 12.5. The van der Waals surface area contributed by atoms with Gasteiger partial charge in [0.05, 0.1) is 7.11 Å². The van der Waals surface area contributed by atoms with Crippen molar-refractivity contribution in [3.63, 3.8) is 0 Å². The van der Waals surface area contributed by atoms with Crippen LogP contribution in [-0.4, -0.2) is 31.1 Å². The zero-order valence-corrected chi connectivity index (χ0v) is 14.1. The zero-order chi connectivity index (χ0) is 16.8. The number of nitrogens with zero attached hydrogens (tertiary/aromatic N) is 1. The van der Waals surface area contributed by atoms with Gasteiger partial charge in [-0.1, -0.05) is 30.3 Å². The van der Waals surface area contributed by atoms with E-state index in [0.29, 0.717) is 12.3 Å². The first kappa shape index (κ1) is 16.9. The van der Waals surface area contributed by atoms with Crippen LogP contribution in [0.15, 0.2) is 48.5 Å². The molecule has 0 heterocycles. The summed E-state index contributed by atoms with van der Waals surface area (Å²) in [5, 5.41) is 0. The molecule has 23 heavy (non-hydrogen) atoms. The van der Waals surface area contributed by atoms with E-state index in [0.717, 1.165) is 16.9 Å². The number of para-hydroxylation sites is 1. The summed E-state index contributed by atoms with van der Waals surface area (Å²) in [5.41, 5.74) is 2.07. The fourth-order valence-corrected chi connectivity index (χ4v) is 2.42. The monoisotopic (exact) mass is 313 g/mol. The van der Waals surface area contributed by atoms with Crippen LogP contribution in [0.5, 0.6) is 11.5 Å². The molecule has 0 spiro atoms. The van der Waals surface area contributed by atoms with E-state index in [1.807, 2.05) is 55.5 Å². The normalized spacial score (nSPS) is 11.7. The Morgan fingerprint density at radius 2 is 1.91 bits per heavy atom. The van der Waals surface area contributed by atoms with Crippen molar-refractivity contribution >= 4 is 5.91 Å². The summed E-state index contributed by atoms with van der Waals surface area (Å²) in [5.74, 6) is 1.41. The SMILES string of the molecule is COc1ccccc1CN(C)C(=O)[C@@H](C)Oc1cccc(C)c1. The van der Waals surface area contributed by atoms with Crippen molar-refractivity contribution in [2.75, 3.05) is 14.2 Å².